The normalized spacial score (nSPS) is 10.9. The van der Waals surface area contributed by atoms with Gasteiger partial charge in [-0.2, -0.15) is 0 Å². The van der Waals surface area contributed by atoms with Crippen LogP contribution in [0.3, 0.4) is 0 Å². The van der Waals surface area contributed by atoms with E-state index in [0.29, 0.717) is 16.7 Å². The Morgan fingerprint density at radius 3 is 2.54 bits per heavy atom. The number of pyridine rings is 1. The molecule has 3 rings (SSSR count). The van der Waals surface area contributed by atoms with Crippen LogP contribution in [-0.2, 0) is 6.54 Å². The number of hydrogen-bond donors (Lipinski definition) is 1. The van der Waals surface area contributed by atoms with Crippen molar-refractivity contribution in [3.05, 3.63) is 58.8 Å². The molecule has 0 amide bonds. The van der Waals surface area contributed by atoms with Crippen LogP contribution >= 0.6 is 0 Å². The second-order valence-electron chi connectivity index (χ2n) is 5.81. The molecule has 0 aliphatic heterocycles. The first-order valence-electron chi connectivity index (χ1n) is 8.15. The highest BCUT2D eigenvalue weighted by Gasteiger charge is 2.15. The Morgan fingerprint density at radius 1 is 1.12 bits per heavy atom. The number of rotatable bonds is 5. The lowest BCUT2D eigenvalue weighted by atomic mass is 10.1. The zero-order valence-corrected chi connectivity index (χ0v) is 14.0. The predicted octanol–water partition coefficient (Wildman–Crippen LogP) is 4.18. The number of aromatic hydroxyl groups is 1. The Hall–Kier alpha value is -2.75. The van der Waals surface area contributed by atoms with Crippen LogP contribution in [0.1, 0.15) is 19.8 Å². The maximum atomic E-state index is 12.6. The Bertz CT molecular complexity index is 914. The van der Waals surface area contributed by atoms with Crippen molar-refractivity contribution in [2.75, 3.05) is 7.11 Å². The molecule has 3 aromatic rings. The summed E-state index contributed by atoms with van der Waals surface area (Å²) < 4.78 is 7.37. The highest BCUT2D eigenvalue weighted by molar-refractivity contribution is 5.89. The van der Waals surface area contributed by atoms with Crippen LogP contribution in [0.4, 0.5) is 0 Å². The molecule has 0 spiro atoms. The maximum Gasteiger partial charge on any atom is 0.193 e. The van der Waals surface area contributed by atoms with Crippen LogP contribution in [0, 0.1) is 0 Å². The highest BCUT2D eigenvalue weighted by atomic mass is 16.5. The molecule has 124 valence electrons. The van der Waals surface area contributed by atoms with Crippen molar-refractivity contribution in [1.82, 2.24) is 4.57 Å². The number of hydrogen-bond acceptors (Lipinski definition) is 3. The molecular formula is C20H21NO3. The van der Waals surface area contributed by atoms with E-state index in [1.165, 1.54) is 6.07 Å². The van der Waals surface area contributed by atoms with Crippen LogP contribution in [0.5, 0.6) is 11.5 Å². The Morgan fingerprint density at radius 2 is 1.88 bits per heavy atom. The van der Waals surface area contributed by atoms with Gasteiger partial charge in [0, 0.05) is 24.7 Å². The standard InChI is InChI=1S/C20H21NO3/c1-3-4-10-21-16(14-8-6-5-7-9-14)13-19(23)20-17(21)11-15(24-2)12-18(20)22/h5-9,11-13,22H,3-4,10H2,1-2H3. The minimum absolute atomic E-state index is 0.0424. The summed E-state index contributed by atoms with van der Waals surface area (Å²) >= 11 is 0. The second kappa shape index (κ2) is 6.79. The minimum atomic E-state index is -0.184. The summed E-state index contributed by atoms with van der Waals surface area (Å²) in [6, 6.07) is 14.8. The summed E-state index contributed by atoms with van der Waals surface area (Å²) in [4.78, 5) is 12.6. The SMILES string of the molecule is CCCCn1c(-c2ccccc2)cc(=O)c2c(O)cc(OC)cc21. The lowest BCUT2D eigenvalue weighted by molar-refractivity contribution is 0.409. The van der Waals surface area contributed by atoms with E-state index in [-0.39, 0.29) is 11.2 Å². The molecule has 24 heavy (non-hydrogen) atoms. The van der Waals surface area contributed by atoms with Gasteiger partial charge in [-0.1, -0.05) is 43.7 Å². The molecule has 4 heteroatoms. The van der Waals surface area contributed by atoms with Crippen LogP contribution in [-0.4, -0.2) is 16.8 Å². The van der Waals surface area contributed by atoms with E-state index in [2.05, 4.69) is 11.5 Å². The molecule has 0 fully saturated rings. The molecule has 0 radical (unpaired) electrons. The first-order chi connectivity index (χ1) is 11.7. The molecule has 0 unspecified atom stereocenters. The van der Waals surface area contributed by atoms with Crippen molar-refractivity contribution >= 4 is 10.9 Å². The van der Waals surface area contributed by atoms with E-state index in [4.69, 9.17) is 4.74 Å². The summed E-state index contributed by atoms with van der Waals surface area (Å²) in [7, 11) is 1.55. The zero-order valence-electron chi connectivity index (χ0n) is 14.0. The molecule has 0 aliphatic rings. The number of aromatic nitrogens is 1. The summed E-state index contributed by atoms with van der Waals surface area (Å²) in [6.07, 6.45) is 2.02. The molecule has 1 heterocycles. The third kappa shape index (κ3) is 2.87. The highest BCUT2D eigenvalue weighted by Crippen LogP contribution is 2.31. The van der Waals surface area contributed by atoms with Crippen LogP contribution in [0.2, 0.25) is 0 Å². The minimum Gasteiger partial charge on any atom is -0.507 e. The topological polar surface area (TPSA) is 51.5 Å². The number of aryl methyl sites for hydroxylation is 1. The monoisotopic (exact) mass is 323 g/mol. The van der Waals surface area contributed by atoms with Gasteiger partial charge in [0.15, 0.2) is 5.43 Å². The number of unbranched alkanes of at least 4 members (excludes halogenated alkanes) is 1. The van der Waals surface area contributed by atoms with Gasteiger partial charge in [0.1, 0.15) is 11.5 Å². The maximum absolute atomic E-state index is 12.6. The lowest BCUT2D eigenvalue weighted by Gasteiger charge is -2.18. The molecule has 0 aliphatic carbocycles. The van der Waals surface area contributed by atoms with Gasteiger partial charge in [0.25, 0.3) is 0 Å². The molecule has 0 saturated heterocycles. The van der Waals surface area contributed by atoms with E-state index >= 15 is 0 Å². The molecule has 0 atom stereocenters. The fourth-order valence-electron chi connectivity index (χ4n) is 2.98. The van der Waals surface area contributed by atoms with Gasteiger partial charge in [-0.25, -0.2) is 0 Å². The second-order valence-corrected chi connectivity index (χ2v) is 5.81. The van der Waals surface area contributed by atoms with Crippen molar-refractivity contribution < 1.29 is 9.84 Å². The Kier molecular flexibility index (Phi) is 4.56. The number of benzene rings is 2. The average Bonchev–Trinajstić information content (AvgIpc) is 2.60. The van der Waals surface area contributed by atoms with Crippen LogP contribution in [0.25, 0.3) is 22.2 Å². The number of phenolic OH excluding ortho intramolecular Hbond substituents is 1. The molecule has 1 N–H and O–H groups in total. The lowest BCUT2D eigenvalue weighted by Crippen LogP contribution is -2.12. The van der Waals surface area contributed by atoms with Crippen molar-refractivity contribution in [3.8, 4) is 22.8 Å². The number of ether oxygens (including phenoxy) is 1. The van der Waals surface area contributed by atoms with E-state index in [9.17, 15) is 9.90 Å². The third-order valence-corrected chi connectivity index (χ3v) is 4.21. The van der Waals surface area contributed by atoms with Crippen molar-refractivity contribution in [1.29, 1.82) is 0 Å². The van der Waals surface area contributed by atoms with Gasteiger partial charge in [0.05, 0.1) is 23.7 Å². The Labute approximate surface area is 140 Å². The smallest absolute Gasteiger partial charge is 0.193 e. The zero-order chi connectivity index (χ0) is 17.1. The van der Waals surface area contributed by atoms with Gasteiger partial charge in [-0.05, 0) is 12.0 Å². The summed E-state index contributed by atoms with van der Waals surface area (Å²) in [5.74, 6) is 0.495. The van der Waals surface area contributed by atoms with Crippen molar-refractivity contribution in [3.63, 3.8) is 0 Å². The van der Waals surface area contributed by atoms with E-state index < -0.39 is 0 Å². The van der Waals surface area contributed by atoms with Crippen LogP contribution < -0.4 is 10.2 Å². The van der Waals surface area contributed by atoms with E-state index in [0.717, 1.165) is 30.6 Å². The average molecular weight is 323 g/mol. The first kappa shape index (κ1) is 16.1. The fraction of sp³-hybridized carbons (Fsp3) is 0.250. The van der Waals surface area contributed by atoms with Crippen molar-refractivity contribution in [2.24, 2.45) is 0 Å². The summed E-state index contributed by atoms with van der Waals surface area (Å²) in [6.45, 7) is 2.90. The van der Waals surface area contributed by atoms with E-state index in [1.807, 2.05) is 36.4 Å². The molecule has 4 nitrogen and oxygen atoms in total. The number of phenols is 1. The van der Waals surface area contributed by atoms with Crippen LogP contribution in [0.15, 0.2) is 53.3 Å². The molecule has 1 aromatic heterocycles. The Balaban J connectivity index is 2.37. The van der Waals surface area contributed by atoms with Gasteiger partial charge in [-0.3, -0.25) is 4.79 Å². The molecule has 0 saturated carbocycles. The third-order valence-electron chi connectivity index (χ3n) is 4.21. The van der Waals surface area contributed by atoms with Gasteiger partial charge >= 0.3 is 0 Å². The quantitative estimate of drug-likeness (QED) is 0.766. The fourth-order valence-corrected chi connectivity index (χ4v) is 2.98. The summed E-state index contributed by atoms with van der Waals surface area (Å²) in [5, 5.41) is 10.6. The van der Waals surface area contributed by atoms with Gasteiger partial charge in [0.2, 0.25) is 0 Å². The first-order valence-corrected chi connectivity index (χ1v) is 8.15. The number of nitrogens with zero attached hydrogens (tertiary/aromatic N) is 1. The predicted molar refractivity (Wildman–Crippen MR) is 96.8 cm³/mol. The number of methoxy groups -OCH3 is 1. The molecular weight excluding hydrogens is 302 g/mol. The summed E-state index contributed by atoms with van der Waals surface area (Å²) in [5.41, 5.74) is 2.35. The van der Waals surface area contributed by atoms with Crippen molar-refractivity contribution in [2.45, 2.75) is 26.3 Å². The van der Waals surface area contributed by atoms with Gasteiger partial charge < -0.3 is 14.4 Å². The number of fused-ring (bicyclic) bond motifs is 1. The van der Waals surface area contributed by atoms with Gasteiger partial charge in [-0.15, -0.1) is 0 Å². The molecule has 2 aromatic carbocycles. The molecule has 0 bridgehead atoms. The largest absolute Gasteiger partial charge is 0.507 e. The van der Waals surface area contributed by atoms with E-state index in [1.54, 1.807) is 13.2 Å².